The third-order valence-electron chi connectivity index (χ3n) is 4.73. The molecule has 2 aliphatic rings. The summed E-state index contributed by atoms with van der Waals surface area (Å²) in [4.78, 5) is 14.3. The molecule has 1 N–H and O–H groups in total. The summed E-state index contributed by atoms with van der Waals surface area (Å²) < 4.78 is 19.3. The van der Waals surface area contributed by atoms with E-state index in [4.69, 9.17) is 4.74 Å². The van der Waals surface area contributed by atoms with Crippen LogP contribution in [0.25, 0.3) is 0 Å². The molecule has 0 bridgehead atoms. The topological polar surface area (TPSA) is 49.8 Å². The van der Waals surface area contributed by atoms with Crippen LogP contribution in [0.5, 0.6) is 5.75 Å². The molecule has 0 unspecified atom stereocenters. The van der Waals surface area contributed by atoms with E-state index in [0.717, 1.165) is 25.7 Å². The number of halogens is 1. The number of morpholine rings is 1. The quantitative estimate of drug-likeness (QED) is 0.914. The molecule has 1 saturated heterocycles. The molecule has 1 aromatic rings. The molecule has 0 aromatic heterocycles. The van der Waals surface area contributed by atoms with Gasteiger partial charge >= 0.3 is 0 Å². The highest BCUT2D eigenvalue weighted by molar-refractivity contribution is 5.79. The van der Waals surface area contributed by atoms with E-state index in [2.05, 4.69) is 0 Å². The smallest absolute Gasteiger partial charge is 0.227 e. The predicted molar refractivity (Wildman–Crippen MR) is 80.1 cm³/mol. The zero-order valence-electron chi connectivity index (χ0n) is 12.7. The van der Waals surface area contributed by atoms with E-state index in [1.54, 1.807) is 6.07 Å². The van der Waals surface area contributed by atoms with Crippen molar-refractivity contribution in [3.05, 3.63) is 29.6 Å². The summed E-state index contributed by atoms with van der Waals surface area (Å²) in [6.45, 7) is 1.82. The lowest BCUT2D eigenvalue weighted by Gasteiger charge is -2.45. The highest BCUT2D eigenvalue weighted by atomic mass is 19.1. The second-order valence-corrected chi connectivity index (χ2v) is 6.37. The minimum Gasteiger partial charge on any atom is -0.505 e. The number of phenolic OH excluding ortho intramolecular Hbond substituents is 1. The van der Waals surface area contributed by atoms with Gasteiger partial charge in [0.2, 0.25) is 5.91 Å². The van der Waals surface area contributed by atoms with Crippen LogP contribution in [0.3, 0.4) is 0 Å². The van der Waals surface area contributed by atoms with E-state index in [1.165, 1.54) is 18.6 Å². The second kappa shape index (κ2) is 6.24. The van der Waals surface area contributed by atoms with Crippen molar-refractivity contribution in [1.82, 2.24) is 4.90 Å². The SMILES string of the molecule is O=C(Cc1ccc(O)c(F)c1)N1CCOC2(CCCCC2)C1. The molecule has 3 rings (SSSR count). The van der Waals surface area contributed by atoms with Gasteiger partial charge in [-0.15, -0.1) is 0 Å². The monoisotopic (exact) mass is 307 g/mol. The predicted octanol–water partition coefficient (Wildman–Crippen LogP) is 2.64. The van der Waals surface area contributed by atoms with E-state index in [1.807, 2.05) is 4.90 Å². The van der Waals surface area contributed by atoms with Gasteiger partial charge in [-0.3, -0.25) is 4.79 Å². The highest BCUT2D eigenvalue weighted by Gasteiger charge is 2.39. The van der Waals surface area contributed by atoms with Crippen molar-refractivity contribution in [3.63, 3.8) is 0 Å². The third kappa shape index (κ3) is 3.24. The van der Waals surface area contributed by atoms with Crippen LogP contribution in [0.4, 0.5) is 4.39 Å². The zero-order valence-corrected chi connectivity index (χ0v) is 12.7. The summed E-state index contributed by atoms with van der Waals surface area (Å²) in [7, 11) is 0. The molecular weight excluding hydrogens is 285 g/mol. The van der Waals surface area contributed by atoms with E-state index in [0.29, 0.717) is 25.3 Å². The van der Waals surface area contributed by atoms with Crippen LogP contribution >= 0.6 is 0 Å². The molecule has 22 heavy (non-hydrogen) atoms. The Bertz CT molecular complexity index is 549. The van der Waals surface area contributed by atoms with Gasteiger partial charge in [0.05, 0.1) is 18.6 Å². The van der Waals surface area contributed by atoms with E-state index >= 15 is 0 Å². The Morgan fingerprint density at radius 1 is 1.32 bits per heavy atom. The van der Waals surface area contributed by atoms with E-state index in [-0.39, 0.29) is 23.7 Å². The first kappa shape index (κ1) is 15.3. The van der Waals surface area contributed by atoms with Gasteiger partial charge in [0, 0.05) is 13.1 Å². The summed E-state index contributed by atoms with van der Waals surface area (Å²) in [6, 6.07) is 4.11. The summed E-state index contributed by atoms with van der Waals surface area (Å²) in [5, 5.41) is 9.21. The molecule has 5 heteroatoms. The van der Waals surface area contributed by atoms with E-state index in [9.17, 15) is 14.3 Å². The molecule has 1 aromatic carbocycles. The summed E-state index contributed by atoms with van der Waals surface area (Å²) in [5.41, 5.74) is 0.427. The number of ether oxygens (including phenoxy) is 1. The van der Waals surface area contributed by atoms with Crippen molar-refractivity contribution >= 4 is 5.91 Å². The molecule has 1 amide bonds. The lowest BCUT2D eigenvalue weighted by molar-refractivity contribution is -0.155. The minimum absolute atomic E-state index is 0.00154. The van der Waals surface area contributed by atoms with Crippen LogP contribution in [0.15, 0.2) is 18.2 Å². The van der Waals surface area contributed by atoms with Gasteiger partial charge in [0.15, 0.2) is 11.6 Å². The van der Waals surface area contributed by atoms with E-state index < -0.39 is 5.82 Å². The summed E-state index contributed by atoms with van der Waals surface area (Å²) >= 11 is 0. The lowest BCUT2D eigenvalue weighted by Crippen LogP contribution is -2.54. The third-order valence-corrected chi connectivity index (χ3v) is 4.73. The van der Waals surface area contributed by atoms with Gasteiger partial charge in [-0.2, -0.15) is 0 Å². The molecule has 0 atom stereocenters. The fraction of sp³-hybridized carbons (Fsp3) is 0.588. The molecule has 1 spiro atoms. The van der Waals surface area contributed by atoms with Gasteiger partial charge in [0.1, 0.15) is 0 Å². The van der Waals surface area contributed by atoms with Crippen molar-refractivity contribution in [2.75, 3.05) is 19.7 Å². The van der Waals surface area contributed by atoms with Gasteiger partial charge in [0.25, 0.3) is 0 Å². The highest BCUT2D eigenvalue weighted by Crippen LogP contribution is 2.34. The van der Waals surface area contributed by atoms with Crippen molar-refractivity contribution in [1.29, 1.82) is 0 Å². The van der Waals surface area contributed by atoms with Crippen LogP contribution in [-0.2, 0) is 16.0 Å². The molecule has 1 aliphatic carbocycles. The molecule has 1 saturated carbocycles. The number of hydrogen-bond acceptors (Lipinski definition) is 3. The minimum atomic E-state index is -0.684. The fourth-order valence-electron chi connectivity index (χ4n) is 3.50. The zero-order chi connectivity index (χ0) is 15.6. The Hall–Kier alpha value is -1.62. The van der Waals surface area contributed by atoms with Crippen molar-refractivity contribution in [3.8, 4) is 5.75 Å². The van der Waals surface area contributed by atoms with Crippen molar-refractivity contribution in [2.24, 2.45) is 0 Å². The number of hydrogen-bond donors (Lipinski definition) is 1. The van der Waals surface area contributed by atoms with Gasteiger partial charge < -0.3 is 14.7 Å². The number of carbonyl (C=O) groups excluding carboxylic acids is 1. The molecule has 1 heterocycles. The Kier molecular flexibility index (Phi) is 4.34. The molecule has 4 nitrogen and oxygen atoms in total. The number of carbonyl (C=O) groups is 1. The van der Waals surface area contributed by atoms with Crippen molar-refractivity contribution in [2.45, 2.75) is 44.1 Å². The number of rotatable bonds is 2. The van der Waals surface area contributed by atoms with Gasteiger partial charge in [-0.05, 0) is 30.5 Å². The average Bonchev–Trinajstić information content (AvgIpc) is 2.52. The fourth-order valence-corrected chi connectivity index (χ4v) is 3.50. The number of phenols is 1. The molecule has 0 radical (unpaired) electrons. The standard InChI is InChI=1S/C17H22FNO3/c18-14-10-13(4-5-15(14)20)11-16(21)19-8-9-22-17(12-19)6-2-1-3-7-17/h4-5,10,20H,1-3,6-9,11-12H2. The Morgan fingerprint density at radius 3 is 2.82 bits per heavy atom. The van der Waals surface area contributed by atoms with Gasteiger partial charge in [-0.25, -0.2) is 4.39 Å². The summed E-state index contributed by atoms with van der Waals surface area (Å²) in [5.74, 6) is -1.07. The van der Waals surface area contributed by atoms with Gasteiger partial charge in [-0.1, -0.05) is 25.3 Å². The van der Waals surface area contributed by atoms with Crippen LogP contribution in [-0.4, -0.2) is 41.2 Å². The Balaban J connectivity index is 1.65. The maximum Gasteiger partial charge on any atom is 0.227 e. The van der Waals surface area contributed by atoms with Crippen molar-refractivity contribution < 1.29 is 19.0 Å². The number of benzene rings is 1. The average molecular weight is 307 g/mol. The lowest BCUT2D eigenvalue weighted by atomic mass is 9.83. The molecule has 2 fully saturated rings. The normalized spacial score (nSPS) is 21.0. The van der Waals surface area contributed by atoms with Crippen LogP contribution < -0.4 is 0 Å². The maximum absolute atomic E-state index is 13.4. The summed E-state index contributed by atoms with van der Waals surface area (Å²) in [6.07, 6.45) is 5.75. The second-order valence-electron chi connectivity index (χ2n) is 6.37. The number of amides is 1. The van der Waals surface area contributed by atoms with Crippen LogP contribution in [0.2, 0.25) is 0 Å². The first-order chi connectivity index (χ1) is 10.6. The molecular formula is C17H22FNO3. The Morgan fingerprint density at radius 2 is 2.09 bits per heavy atom. The maximum atomic E-state index is 13.4. The molecule has 120 valence electrons. The van der Waals surface area contributed by atoms with Crippen LogP contribution in [0, 0.1) is 5.82 Å². The Labute approximate surface area is 129 Å². The largest absolute Gasteiger partial charge is 0.505 e. The first-order valence-corrected chi connectivity index (χ1v) is 7.97. The number of nitrogens with zero attached hydrogens (tertiary/aromatic N) is 1. The number of aromatic hydroxyl groups is 1. The molecule has 1 aliphatic heterocycles. The van der Waals surface area contributed by atoms with Crippen LogP contribution in [0.1, 0.15) is 37.7 Å². The first-order valence-electron chi connectivity index (χ1n) is 7.97.